The van der Waals surface area contributed by atoms with Crippen molar-refractivity contribution in [3.63, 3.8) is 0 Å². The predicted octanol–water partition coefficient (Wildman–Crippen LogP) is 7.21. The molecule has 0 spiro atoms. The Kier molecular flexibility index (Phi) is 8.55. The number of ketones is 1. The predicted molar refractivity (Wildman–Crippen MR) is 143 cm³/mol. The summed E-state index contributed by atoms with van der Waals surface area (Å²) < 4.78 is 29.1. The van der Waals surface area contributed by atoms with Crippen molar-refractivity contribution >= 4 is 18.0 Å². The van der Waals surface area contributed by atoms with Gasteiger partial charge < -0.3 is 9.40 Å². The number of oxime groups is 1. The number of hydrogen-bond acceptors (Lipinski definition) is 4. The molecule has 0 atom stereocenters. The fourth-order valence-electron chi connectivity index (χ4n) is 4.85. The second-order valence-corrected chi connectivity index (χ2v) is 11.0. The first-order valence-corrected chi connectivity index (χ1v) is 13.1. The van der Waals surface area contributed by atoms with Crippen molar-refractivity contribution in [2.24, 2.45) is 10.6 Å². The number of benzene rings is 2. The quantitative estimate of drug-likeness (QED) is 0.130. The van der Waals surface area contributed by atoms with Gasteiger partial charge in [-0.2, -0.15) is 0 Å². The van der Waals surface area contributed by atoms with Crippen LogP contribution in [0.1, 0.15) is 91.7 Å². The summed E-state index contributed by atoms with van der Waals surface area (Å²) in [6.45, 7) is 5.80. The Morgan fingerprint density at radius 3 is 2.37 bits per heavy atom. The molecule has 1 heterocycles. The minimum Gasteiger partial charge on any atom is -0.338 e. The van der Waals surface area contributed by atoms with Crippen LogP contribution in [-0.4, -0.2) is 22.5 Å². The second-order valence-electron chi connectivity index (χ2n) is 11.0. The molecule has 0 radical (unpaired) electrons. The third kappa shape index (κ3) is 6.63. The molecule has 2 aromatic carbocycles. The molecule has 1 saturated carbocycles. The molecule has 1 aromatic heterocycles. The number of halogens is 2. The minimum absolute atomic E-state index is 0.0650. The number of aryl methyl sites for hydroxylation is 1. The Bertz CT molecular complexity index is 1320. The van der Waals surface area contributed by atoms with Gasteiger partial charge in [-0.15, -0.1) is 0 Å². The van der Waals surface area contributed by atoms with Crippen molar-refractivity contribution < 1.29 is 23.2 Å². The van der Waals surface area contributed by atoms with Crippen molar-refractivity contribution in [3.8, 4) is 0 Å². The van der Waals surface area contributed by atoms with Crippen molar-refractivity contribution in [1.29, 1.82) is 0 Å². The van der Waals surface area contributed by atoms with Crippen LogP contribution < -0.4 is 0 Å². The Morgan fingerprint density at radius 1 is 1.00 bits per heavy atom. The topological polar surface area (TPSA) is 60.7 Å². The van der Waals surface area contributed by atoms with Gasteiger partial charge in [0, 0.05) is 24.2 Å². The van der Waals surface area contributed by atoms with Gasteiger partial charge in [0.15, 0.2) is 17.4 Å². The number of rotatable bonds is 9. The first kappa shape index (κ1) is 27.4. The number of aromatic nitrogens is 1. The standard InChI is InChI=1S/C31H34F2N2O3/c1-31(2,3)30(37)38-34-19-24-18-25(28(36)16-14-21-13-15-26(32)27(33)17-21)29(23-11-7-8-12-23)35(24)20-22-9-5-4-6-10-22/h4-6,9-10,13,15,17-19,23H,7-8,11-12,14,16,20H2,1-3H3/b34-19-. The van der Waals surface area contributed by atoms with Crippen LogP contribution in [0.2, 0.25) is 0 Å². The molecule has 0 N–H and O–H groups in total. The number of carbonyl (C=O) groups excluding carboxylic acids is 2. The second kappa shape index (κ2) is 11.8. The summed E-state index contributed by atoms with van der Waals surface area (Å²) in [6.07, 6.45) is 6.12. The Morgan fingerprint density at radius 2 is 1.71 bits per heavy atom. The summed E-state index contributed by atoms with van der Waals surface area (Å²) in [5, 5.41) is 3.98. The molecule has 1 fully saturated rings. The fraction of sp³-hybridized carbons (Fsp3) is 0.387. The molecule has 4 rings (SSSR count). The molecule has 0 amide bonds. The fourth-order valence-corrected chi connectivity index (χ4v) is 4.85. The van der Waals surface area contributed by atoms with E-state index >= 15 is 0 Å². The van der Waals surface area contributed by atoms with Gasteiger partial charge in [-0.1, -0.05) is 54.4 Å². The average Bonchev–Trinajstić information content (AvgIpc) is 3.53. The summed E-state index contributed by atoms with van der Waals surface area (Å²) in [7, 11) is 0. The molecule has 0 saturated heterocycles. The highest BCUT2D eigenvalue weighted by Gasteiger charge is 2.29. The van der Waals surface area contributed by atoms with Gasteiger partial charge in [-0.25, -0.2) is 13.6 Å². The number of nitrogens with zero attached hydrogens (tertiary/aromatic N) is 2. The lowest BCUT2D eigenvalue weighted by Crippen LogP contribution is -2.21. The molecule has 1 aliphatic carbocycles. The molecule has 0 unspecified atom stereocenters. The molecule has 200 valence electrons. The smallest absolute Gasteiger partial charge is 0.338 e. The van der Waals surface area contributed by atoms with Crippen LogP contribution in [0.5, 0.6) is 0 Å². The van der Waals surface area contributed by atoms with E-state index in [-0.39, 0.29) is 18.1 Å². The van der Waals surface area contributed by atoms with Gasteiger partial charge in [-0.05, 0) is 75.3 Å². The molecule has 7 heteroatoms. The van der Waals surface area contributed by atoms with Gasteiger partial charge in [0.05, 0.1) is 17.3 Å². The Balaban J connectivity index is 1.69. The Hall–Kier alpha value is -3.61. The monoisotopic (exact) mass is 520 g/mol. The van der Waals surface area contributed by atoms with Crippen LogP contribution in [0.15, 0.2) is 59.8 Å². The van der Waals surface area contributed by atoms with E-state index in [1.807, 2.05) is 36.4 Å². The molecule has 5 nitrogen and oxygen atoms in total. The van der Waals surface area contributed by atoms with Gasteiger partial charge in [0.25, 0.3) is 0 Å². The van der Waals surface area contributed by atoms with E-state index in [1.54, 1.807) is 20.8 Å². The maximum atomic E-state index is 13.7. The van der Waals surface area contributed by atoms with Gasteiger partial charge in [-0.3, -0.25) is 4.79 Å². The van der Waals surface area contributed by atoms with E-state index in [0.29, 0.717) is 29.8 Å². The third-order valence-electron chi connectivity index (χ3n) is 6.95. The van der Waals surface area contributed by atoms with E-state index in [0.717, 1.165) is 49.1 Å². The molecular weight excluding hydrogens is 486 g/mol. The van der Waals surface area contributed by atoms with Crippen LogP contribution in [0, 0.1) is 17.0 Å². The summed E-state index contributed by atoms with van der Waals surface area (Å²) in [5.41, 5.74) is 3.20. The van der Waals surface area contributed by atoms with E-state index < -0.39 is 23.0 Å². The molecule has 1 aliphatic rings. The lowest BCUT2D eigenvalue weighted by atomic mass is 9.95. The van der Waals surface area contributed by atoms with E-state index in [4.69, 9.17) is 4.84 Å². The molecule has 0 aliphatic heterocycles. The van der Waals surface area contributed by atoms with E-state index in [1.165, 1.54) is 12.3 Å². The van der Waals surface area contributed by atoms with Crippen LogP contribution in [0.4, 0.5) is 8.78 Å². The highest BCUT2D eigenvalue weighted by molar-refractivity contribution is 5.99. The highest BCUT2D eigenvalue weighted by Crippen LogP contribution is 2.38. The first-order chi connectivity index (χ1) is 18.1. The SMILES string of the molecule is CC(C)(C)C(=O)O/N=C\c1cc(C(=O)CCc2ccc(F)c(F)c2)c(C2CCCC2)n1Cc1ccccc1. The van der Waals surface area contributed by atoms with Crippen LogP contribution in [0.25, 0.3) is 0 Å². The first-order valence-electron chi connectivity index (χ1n) is 13.1. The zero-order valence-corrected chi connectivity index (χ0v) is 22.2. The summed E-state index contributed by atoms with van der Waals surface area (Å²) in [4.78, 5) is 30.9. The number of Topliss-reactive ketones (excluding diaryl/α,β-unsaturated/α-hetero) is 1. The molecule has 0 bridgehead atoms. The highest BCUT2D eigenvalue weighted by atomic mass is 19.2. The van der Waals surface area contributed by atoms with Crippen molar-refractivity contribution in [3.05, 3.63) is 94.3 Å². The summed E-state index contributed by atoms with van der Waals surface area (Å²) >= 11 is 0. The van der Waals surface area contributed by atoms with E-state index in [9.17, 15) is 18.4 Å². The maximum Gasteiger partial charge on any atom is 0.340 e. The van der Waals surface area contributed by atoms with Crippen LogP contribution in [-0.2, 0) is 22.6 Å². The van der Waals surface area contributed by atoms with Crippen LogP contribution >= 0.6 is 0 Å². The van der Waals surface area contributed by atoms with Gasteiger partial charge >= 0.3 is 5.97 Å². The summed E-state index contributed by atoms with van der Waals surface area (Å²) in [6, 6.07) is 15.5. The average molecular weight is 521 g/mol. The molecule has 3 aromatic rings. The van der Waals surface area contributed by atoms with E-state index in [2.05, 4.69) is 9.72 Å². The third-order valence-corrected chi connectivity index (χ3v) is 6.95. The van der Waals surface area contributed by atoms with Crippen LogP contribution in [0.3, 0.4) is 0 Å². The number of carbonyl (C=O) groups is 2. The van der Waals surface area contributed by atoms with Crippen molar-refractivity contribution in [2.75, 3.05) is 0 Å². The van der Waals surface area contributed by atoms with Crippen molar-refractivity contribution in [2.45, 2.75) is 71.8 Å². The normalized spacial score (nSPS) is 14.3. The van der Waals surface area contributed by atoms with Gasteiger partial charge in [0.1, 0.15) is 0 Å². The lowest BCUT2D eigenvalue weighted by Gasteiger charge is -2.18. The molecular formula is C31H34F2N2O3. The lowest BCUT2D eigenvalue weighted by molar-refractivity contribution is -0.152. The summed E-state index contributed by atoms with van der Waals surface area (Å²) in [5.74, 6) is -2.12. The number of hydrogen-bond donors (Lipinski definition) is 0. The largest absolute Gasteiger partial charge is 0.340 e. The van der Waals surface area contributed by atoms with Crippen molar-refractivity contribution in [1.82, 2.24) is 4.57 Å². The maximum absolute atomic E-state index is 13.7. The minimum atomic E-state index is -0.918. The zero-order chi connectivity index (χ0) is 27.3. The van der Waals surface area contributed by atoms with Gasteiger partial charge in [0.2, 0.25) is 0 Å². The Labute approximate surface area is 222 Å². The molecule has 38 heavy (non-hydrogen) atoms. The zero-order valence-electron chi connectivity index (χ0n) is 22.2.